The molecular formula is C8H14O2. The Labute approximate surface area is 61.2 Å². The van der Waals surface area contributed by atoms with Crippen LogP contribution in [0.15, 0.2) is 0 Å². The topological polar surface area (TPSA) is 37.3 Å². The Bertz CT molecular complexity index is 120. The molecule has 1 aliphatic rings. The van der Waals surface area contributed by atoms with Crippen molar-refractivity contribution < 1.29 is 9.90 Å². The summed E-state index contributed by atoms with van der Waals surface area (Å²) >= 11 is 0. The van der Waals surface area contributed by atoms with Gasteiger partial charge in [-0.3, -0.25) is 4.79 Å². The molecule has 1 fully saturated rings. The molecule has 2 heteroatoms. The van der Waals surface area contributed by atoms with Crippen LogP contribution in [0.3, 0.4) is 0 Å². The van der Waals surface area contributed by atoms with E-state index in [0.29, 0.717) is 12.8 Å². The summed E-state index contributed by atoms with van der Waals surface area (Å²) in [6, 6.07) is 0. The standard InChI is InChI=1S/C8H14O2/c9-7-4-2-1-3-5-8(10)6-7/h7,9H,1-6H2/t7-/m0/s1. The zero-order valence-electron chi connectivity index (χ0n) is 6.18. The minimum Gasteiger partial charge on any atom is -0.393 e. The third-order valence-corrected chi connectivity index (χ3v) is 1.96. The Balaban J connectivity index is 2.32. The first-order valence-electron chi connectivity index (χ1n) is 3.99. The van der Waals surface area contributed by atoms with E-state index < -0.39 is 0 Å². The van der Waals surface area contributed by atoms with Crippen molar-refractivity contribution in [1.82, 2.24) is 0 Å². The van der Waals surface area contributed by atoms with Crippen molar-refractivity contribution in [2.45, 2.75) is 44.6 Å². The Morgan fingerprint density at radius 1 is 1.30 bits per heavy atom. The normalized spacial score (nSPS) is 29.3. The van der Waals surface area contributed by atoms with E-state index in [4.69, 9.17) is 5.11 Å². The maximum absolute atomic E-state index is 10.9. The number of ketones is 1. The van der Waals surface area contributed by atoms with Crippen molar-refractivity contribution in [3.8, 4) is 0 Å². The average Bonchev–Trinajstić information content (AvgIpc) is 1.83. The van der Waals surface area contributed by atoms with E-state index in [1.165, 1.54) is 0 Å². The Kier molecular flexibility index (Phi) is 2.87. The lowest BCUT2D eigenvalue weighted by atomic mass is 9.98. The summed E-state index contributed by atoms with van der Waals surface area (Å²) in [6.45, 7) is 0. The molecule has 1 aliphatic carbocycles. The molecule has 1 N–H and O–H groups in total. The second kappa shape index (κ2) is 3.71. The Morgan fingerprint density at radius 2 is 2.10 bits per heavy atom. The van der Waals surface area contributed by atoms with Gasteiger partial charge in [0, 0.05) is 12.8 Å². The molecule has 0 aromatic rings. The summed E-state index contributed by atoms with van der Waals surface area (Å²) in [4.78, 5) is 10.9. The van der Waals surface area contributed by atoms with Crippen LogP contribution in [-0.2, 0) is 4.79 Å². The predicted octanol–water partition coefficient (Wildman–Crippen LogP) is 1.27. The molecule has 10 heavy (non-hydrogen) atoms. The molecule has 1 rings (SSSR count). The van der Waals surface area contributed by atoms with Gasteiger partial charge in [0.15, 0.2) is 0 Å². The van der Waals surface area contributed by atoms with Crippen molar-refractivity contribution in [3.05, 3.63) is 0 Å². The van der Waals surface area contributed by atoms with Crippen LogP contribution >= 0.6 is 0 Å². The fraction of sp³-hybridized carbons (Fsp3) is 0.875. The first-order chi connectivity index (χ1) is 4.79. The third kappa shape index (κ3) is 2.48. The van der Waals surface area contributed by atoms with Crippen LogP contribution in [0.1, 0.15) is 38.5 Å². The van der Waals surface area contributed by atoms with Crippen molar-refractivity contribution in [3.63, 3.8) is 0 Å². The third-order valence-electron chi connectivity index (χ3n) is 1.96. The molecular weight excluding hydrogens is 128 g/mol. The van der Waals surface area contributed by atoms with Crippen LogP contribution in [0.25, 0.3) is 0 Å². The van der Waals surface area contributed by atoms with Gasteiger partial charge >= 0.3 is 0 Å². The molecule has 0 amide bonds. The molecule has 0 bridgehead atoms. The molecule has 0 aromatic heterocycles. The van der Waals surface area contributed by atoms with Crippen molar-refractivity contribution >= 4 is 5.78 Å². The number of hydrogen-bond donors (Lipinski definition) is 1. The smallest absolute Gasteiger partial charge is 0.135 e. The highest BCUT2D eigenvalue weighted by Gasteiger charge is 2.12. The molecule has 58 valence electrons. The van der Waals surface area contributed by atoms with Gasteiger partial charge in [-0.25, -0.2) is 0 Å². The molecule has 1 atom stereocenters. The molecule has 0 aromatic carbocycles. The van der Waals surface area contributed by atoms with Gasteiger partial charge in [0.05, 0.1) is 6.10 Å². The average molecular weight is 142 g/mol. The summed E-state index contributed by atoms with van der Waals surface area (Å²) in [7, 11) is 0. The predicted molar refractivity (Wildman–Crippen MR) is 38.7 cm³/mol. The lowest BCUT2D eigenvalue weighted by molar-refractivity contribution is -0.121. The zero-order chi connectivity index (χ0) is 7.40. The molecule has 0 aliphatic heterocycles. The minimum absolute atomic E-state index is 0.229. The molecule has 1 saturated carbocycles. The lowest BCUT2D eigenvalue weighted by Gasteiger charge is -2.12. The second-order valence-electron chi connectivity index (χ2n) is 3.00. The number of hydrogen-bond acceptors (Lipinski definition) is 2. The lowest BCUT2D eigenvalue weighted by Crippen LogP contribution is -2.15. The summed E-state index contributed by atoms with van der Waals surface area (Å²) in [5.41, 5.74) is 0. The fourth-order valence-corrected chi connectivity index (χ4v) is 1.35. The highest BCUT2D eigenvalue weighted by atomic mass is 16.3. The van der Waals surface area contributed by atoms with Gasteiger partial charge in [0.25, 0.3) is 0 Å². The van der Waals surface area contributed by atoms with Gasteiger partial charge in [-0.1, -0.05) is 12.8 Å². The van der Waals surface area contributed by atoms with Gasteiger partial charge in [-0.15, -0.1) is 0 Å². The minimum atomic E-state index is -0.354. The number of rotatable bonds is 0. The molecule has 0 radical (unpaired) electrons. The van der Waals surface area contributed by atoms with Gasteiger partial charge in [0.1, 0.15) is 5.78 Å². The van der Waals surface area contributed by atoms with E-state index in [1.54, 1.807) is 0 Å². The first kappa shape index (κ1) is 7.73. The molecule has 0 spiro atoms. The van der Waals surface area contributed by atoms with Crippen molar-refractivity contribution in [1.29, 1.82) is 0 Å². The monoisotopic (exact) mass is 142 g/mol. The maximum atomic E-state index is 10.9. The van der Waals surface area contributed by atoms with Crippen molar-refractivity contribution in [2.24, 2.45) is 0 Å². The van der Waals surface area contributed by atoms with Crippen LogP contribution in [0, 0.1) is 0 Å². The summed E-state index contributed by atoms with van der Waals surface area (Å²) in [5, 5.41) is 9.16. The van der Waals surface area contributed by atoms with E-state index in [1.807, 2.05) is 0 Å². The fourth-order valence-electron chi connectivity index (χ4n) is 1.35. The first-order valence-corrected chi connectivity index (χ1v) is 3.99. The Morgan fingerprint density at radius 3 is 2.90 bits per heavy atom. The number of Topliss-reactive ketones (excluding diaryl/α,β-unsaturated/α-hetero) is 1. The molecule has 2 nitrogen and oxygen atoms in total. The van der Waals surface area contributed by atoms with Crippen LogP contribution in [0.4, 0.5) is 0 Å². The number of aliphatic hydroxyl groups is 1. The summed E-state index contributed by atoms with van der Waals surface area (Å²) in [6.07, 6.45) is 4.72. The van der Waals surface area contributed by atoms with Gasteiger partial charge in [-0.2, -0.15) is 0 Å². The van der Waals surface area contributed by atoms with Gasteiger partial charge in [0.2, 0.25) is 0 Å². The maximum Gasteiger partial charge on any atom is 0.135 e. The Hall–Kier alpha value is -0.370. The SMILES string of the molecule is O=C1CCCCC[C@H](O)C1. The zero-order valence-corrected chi connectivity index (χ0v) is 6.18. The van der Waals surface area contributed by atoms with E-state index in [9.17, 15) is 4.79 Å². The quantitative estimate of drug-likeness (QED) is 0.553. The van der Waals surface area contributed by atoms with E-state index >= 15 is 0 Å². The number of carbonyl (C=O) groups excluding carboxylic acids is 1. The molecule has 0 saturated heterocycles. The largest absolute Gasteiger partial charge is 0.393 e. The van der Waals surface area contributed by atoms with Crippen LogP contribution in [0.2, 0.25) is 0 Å². The highest BCUT2D eigenvalue weighted by molar-refractivity contribution is 5.78. The van der Waals surface area contributed by atoms with E-state index in [2.05, 4.69) is 0 Å². The second-order valence-corrected chi connectivity index (χ2v) is 3.00. The van der Waals surface area contributed by atoms with Crippen LogP contribution < -0.4 is 0 Å². The van der Waals surface area contributed by atoms with Crippen LogP contribution in [-0.4, -0.2) is 17.0 Å². The molecule has 0 heterocycles. The molecule has 0 unspecified atom stereocenters. The number of aliphatic hydroxyl groups excluding tert-OH is 1. The van der Waals surface area contributed by atoms with Gasteiger partial charge in [-0.05, 0) is 12.8 Å². The summed E-state index contributed by atoms with van der Waals surface area (Å²) in [5.74, 6) is 0.229. The van der Waals surface area contributed by atoms with Gasteiger partial charge < -0.3 is 5.11 Å². The van der Waals surface area contributed by atoms with E-state index in [-0.39, 0.29) is 11.9 Å². The summed E-state index contributed by atoms with van der Waals surface area (Å²) < 4.78 is 0. The van der Waals surface area contributed by atoms with Crippen LogP contribution in [0.5, 0.6) is 0 Å². The van der Waals surface area contributed by atoms with E-state index in [0.717, 1.165) is 25.7 Å². The number of carbonyl (C=O) groups is 1. The highest BCUT2D eigenvalue weighted by Crippen LogP contribution is 2.14. The van der Waals surface area contributed by atoms with Crippen molar-refractivity contribution in [2.75, 3.05) is 0 Å².